The van der Waals surface area contributed by atoms with Crippen molar-refractivity contribution in [3.05, 3.63) is 57.1 Å². The minimum absolute atomic E-state index is 0.0177. The lowest BCUT2D eigenvalue weighted by molar-refractivity contribution is -0.117. The first-order valence-electron chi connectivity index (χ1n) is 13.2. The Kier molecular flexibility index (Phi) is 7.08. The quantitative estimate of drug-likeness (QED) is 0.317. The van der Waals surface area contributed by atoms with Gasteiger partial charge in [0, 0.05) is 37.9 Å². The second kappa shape index (κ2) is 10.6. The maximum absolute atomic E-state index is 15.7. The van der Waals surface area contributed by atoms with Crippen molar-refractivity contribution < 1.29 is 23.8 Å². The lowest BCUT2D eigenvalue weighted by Gasteiger charge is -2.41. The van der Waals surface area contributed by atoms with Crippen LogP contribution in [0, 0.1) is 5.82 Å². The number of hydrogen-bond acceptors (Lipinski definition) is 8. The molecule has 2 fully saturated rings. The number of anilines is 2. The summed E-state index contributed by atoms with van der Waals surface area (Å²) in [5, 5.41) is 13.4. The predicted molar refractivity (Wildman–Crippen MR) is 156 cm³/mol. The zero-order valence-corrected chi connectivity index (χ0v) is 23.9. The van der Waals surface area contributed by atoms with Crippen molar-refractivity contribution in [3.8, 4) is 5.75 Å². The molecule has 3 heterocycles. The molecule has 1 unspecified atom stereocenters. The van der Waals surface area contributed by atoms with Crippen LogP contribution in [0.1, 0.15) is 36.2 Å². The van der Waals surface area contributed by atoms with E-state index >= 15 is 4.39 Å². The molecule has 6 rings (SSSR count). The van der Waals surface area contributed by atoms with E-state index in [2.05, 4.69) is 10.3 Å². The van der Waals surface area contributed by atoms with E-state index in [-0.39, 0.29) is 41.4 Å². The van der Waals surface area contributed by atoms with Gasteiger partial charge in [0.15, 0.2) is 16.7 Å². The van der Waals surface area contributed by atoms with Gasteiger partial charge >= 0.3 is 5.97 Å². The van der Waals surface area contributed by atoms with Crippen LogP contribution in [0.4, 0.5) is 15.2 Å². The Hall–Kier alpha value is -3.74. The van der Waals surface area contributed by atoms with Crippen LogP contribution in [0.3, 0.4) is 0 Å². The summed E-state index contributed by atoms with van der Waals surface area (Å²) in [5.74, 6) is -2.02. The number of para-hydroxylation sites is 1. The molecule has 2 N–H and O–H groups in total. The molecule has 2 aromatic heterocycles. The van der Waals surface area contributed by atoms with Gasteiger partial charge in [-0.2, -0.15) is 0 Å². The molecule has 2 aromatic carbocycles. The summed E-state index contributed by atoms with van der Waals surface area (Å²) < 4.78 is 24.0. The number of amides is 1. The molecule has 214 valence electrons. The van der Waals surface area contributed by atoms with Crippen LogP contribution in [0.2, 0.25) is 5.02 Å². The molecule has 2 aliphatic rings. The fourth-order valence-electron chi connectivity index (χ4n) is 5.47. The zero-order chi connectivity index (χ0) is 29.0. The maximum atomic E-state index is 15.7. The van der Waals surface area contributed by atoms with Crippen LogP contribution >= 0.6 is 22.9 Å². The normalized spacial score (nSPS) is 17.8. The number of rotatable bonds is 7. The summed E-state index contributed by atoms with van der Waals surface area (Å²) in [6.07, 6.45) is 3.00. The van der Waals surface area contributed by atoms with Gasteiger partial charge in [0.25, 0.3) is 0 Å². The Morgan fingerprint density at radius 2 is 2.07 bits per heavy atom. The largest absolute Gasteiger partial charge is 0.492 e. The molecule has 1 saturated carbocycles. The minimum atomic E-state index is -1.35. The highest BCUT2D eigenvalue weighted by Gasteiger charge is 2.33. The number of carbonyl (C=O) groups is 2. The lowest BCUT2D eigenvalue weighted by Crippen LogP contribution is -2.54. The van der Waals surface area contributed by atoms with Crippen molar-refractivity contribution in [3.63, 3.8) is 0 Å². The minimum Gasteiger partial charge on any atom is -0.492 e. The number of aromatic carboxylic acids is 1. The van der Waals surface area contributed by atoms with Gasteiger partial charge in [-0.3, -0.25) is 14.5 Å². The van der Waals surface area contributed by atoms with Gasteiger partial charge < -0.3 is 24.6 Å². The second-order valence-corrected chi connectivity index (χ2v) is 11.8. The van der Waals surface area contributed by atoms with Crippen molar-refractivity contribution in [1.82, 2.24) is 14.5 Å². The van der Waals surface area contributed by atoms with E-state index < -0.39 is 22.8 Å². The number of piperazine rings is 1. The molecule has 10 nitrogen and oxygen atoms in total. The third-order valence-electron chi connectivity index (χ3n) is 7.62. The van der Waals surface area contributed by atoms with Crippen molar-refractivity contribution in [2.24, 2.45) is 0 Å². The number of hydrogen-bond donors (Lipinski definition) is 2. The molecule has 0 radical (unpaired) electrons. The highest BCUT2D eigenvalue weighted by atomic mass is 35.5. The number of ether oxygens (including phenoxy) is 1. The average Bonchev–Trinajstić information content (AvgIpc) is 3.69. The first-order valence-corrected chi connectivity index (χ1v) is 14.4. The molecular weight excluding hydrogens is 573 g/mol. The van der Waals surface area contributed by atoms with Gasteiger partial charge in [-0.1, -0.05) is 29.0 Å². The highest BCUT2D eigenvalue weighted by molar-refractivity contribution is 7.22. The van der Waals surface area contributed by atoms with Gasteiger partial charge in [-0.15, -0.1) is 0 Å². The van der Waals surface area contributed by atoms with Gasteiger partial charge in [0.2, 0.25) is 11.3 Å². The first kappa shape index (κ1) is 27.4. The number of nitrogens with zero attached hydrogens (tertiary/aromatic N) is 4. The summed E-state index contributed by atoms with van der Waals surface area (Å²) in [7, 11) is 1.42. The van der Waals surface area contributed by atoms with E-state index in [9.17, 15) is 19.5 Å². The SMILES string of the molecule is COc1c(N2CCN(CC(=O)Nc3nc4c(Cl)cccc4s3)C(C)C2)c(F)cc2c(=O)c(C(=O)O)cn(C3CC3)c12. The first-order chi connectivity index (χ1) is 19.7. The molecular formula is C28H27ClFN5O5S. The van der Waals surface area contributed by atoms with Gasteiger partial charge in [0.05, 0.1) is 34.3 Å². The number of nitrogens with one attached hydrogen (secondary N) is 1. The molecule has 1 saturated heterocycles. The molecule has 13 heteroatoms. The molecule has 1 amide bonds. The number of methoxy groups -OCH3 is 1. The summed E-state index contributed by atoms with van der Waals surface area (Å²) >= 11 is 7.56. The van der Waals surface area contributed by atoms with E-state index in [0.29, 0.717) is 40.8 Å². The standard InChI is InChI=1S/C28H27ClFN5O5S/c1-14-11-34(9-8-33(14)13-21(36)31-28-32-22-18(29)4-3-5-20(22)41-28)24-19(30)10-16-23(26(24)40-2)35(15-6-7-15)12-17(25(16)37)27(38)39/h3-5,10,12,14-15H,6-9,11,13H2,1-2H3,(H,38,39)(H,31,32,36). The van der Waals surface area contributed by atoms with E-state index in [1.165, 1.54) is 24.6 Å². The molecule has 0 bridgehead atoms. The number of aromatic nitrogens is 2. The topological polar surface area (TPSA) is 117 Å². The Balaban J connectivity index is 1.24. The summed E-state index contributed by atoms with van der Waals surface area (Å²) in [6, 6.07) is 6.51. The molecule has 41 heavy (non-hydrogen) atoms. The number of fused-ring (bicyclic) bond motifs is 2. The Labute approximate surface area is 242 Å². The van der Waals surface area contributed by atoms with Crippen LogP contribution in [0.25, 0.3) is 21.1 Å². The number of thiazole rings is 1. The van der Waals surface area contributed by atoms with Crippen molar-refractivity contribution in [2.75, 3.05) is 43.5 Å². The summed E-state index contributed by atoms with van der Waals surface area (Å²) in [5.41, 5.74) is 0.126. The van der Waals surface area contributed by atoms with Gasteiger partial charge in [-0.05, 0) is 38.0 Å². The van der Waals surface area contributed by atoms with E-state index in [1.54, 1.807) is 10.6 Å². The third-order valence-corrected chi connectivity index (χ3v) is 8.86. The summed E-state index contributed by atoms with van der Waals surface area (Å²) in [6.45, 7) is 3.39. The Morgan fingerprint density at radius 1 is 1.29 bits per heavy atom. The molecule has 0 spiro atoms. The second-order valence-electron chi connectivity index (χ2n) is 10.4. The van der Waals surface area contributed by atoms with E-state index in [1.807, 2.05) is 28.9 Å². The van der Waals surface area contributed by atoms with Crippen LogP contribution in [0.15, 0.2) is 35.3 Å². The zero-order valence-electron chi connectivity index (χ0n) is 22.3. The van der Waals surface area contributed by atoms with Gasteiger partial charge in [-0.25, -0.2) is 14.2 Å². The number of benzene rings is 2. The number of carbonyl (C=O) groups excluding carboxylic acids is 1. The summed E-state index contributed by atoms with van der Waals surface area (Å²) in [4.78, 5) is 45.9. The molecule has 1 aliphatic carbocycles. The maximum Gasteiger partial charge on any atom is 0.341 e. The number of carboxylic acid groups (broad SMARTS) is 1. The van der Waals surface area contributed by atoms with Gasteiger partial charge in [0.1, 0.15) is 16.8 Å². The van der Waals surface area contributed by atoms with Crippen molar-refractivity contribution >= 4 is 66.8 Å². The smallest absolute Gasteiger partial charge is 0.341 e. The van der Waals surface area contributed by atoms with Crippen LogP contribution < -0.4 is 20.4 Å². The molecule has 1 aliphatic heterocycles. The third kappa shape index (κ3) is 5.00. The molecule has 1 atom stereocenters. The Bertz CT molecular complexity index is 1770. The number of halogens is 2. The van der Waals surface area contributed by atoms with E-state index in [0.717, 1.165) is 23.6 Å². The number of pyridine rings is 1. The molecule has 4 aromatic rings. The van der Waals surface area contributed by atoms with E-state index in [4.69, 9.17) is 16.3 Å². The van der Waals surface area contributed by atoms with Crippen LogP contribution in [-0.2, 0) is 4.79 Å². The predicted octanol–water partition coefficient (Wildman–Crippen LogP) is 4.59. The fourth-order valence-corrected chi connectivity index (χ4v) is 6.65. The van der Waals surface area contributed by atoms with Crippen molar-refractivity contribution in [1.29, 1.82) is 0 Å². The number of carboxylic acids is 1. The monoisotopic (exact) mass is 599 g/mol. The fraction of sp³-hybridized carbons (Fsp3) is 0.357. The van der Waals surface area contributed by atoms with Crippen LogP contribution in [-0.4, -0.2) is 70.8 Å². The Morgan fingerprint density at radius 3 is 2.73 bits per heavy atom. The lowest BCUT2D eigenvalue weighted by atomic mass is 10.1. The average molecular weight is 600 g/mol. The van der Waals surface area contributed by atoms with Crippen LogP contribution in [0.5, 0.6) is 5.75 Å². The highest BCUT2D eigenvalue weighted by Crippen LogP contribution is 2.44. The van der Waals surface area contributed by atoms with Crippen molar-refractivity contribution in [2.45, 2.75) is 31.8 Å².